The van der Waals surface area contributed by atoms with Crippen LogP contribution in [0.2, 0.25) is 0 Å². The van der Waals surface area contributed by atoms with Gasteiger partial charge >= 0.3 is 0 Å². The molecule has 3 rings (SSSR count). The van der Waals surface area contributed by atoms with Gasteiger partial charge in [0.05, 0.1) is 32.0 Å². The molecule has 0 aromatic heterocycles. The maximum absolute atomic E-state index is 14.6. The van der Waals surface area contributed by atoms with E-state index in [0.29, 0.717) is 24.2 Å². The van der Waals surface area contributed by atoms with E-state index in [1.807, 2.05) is 6.92 Å². The molecule has 0 spiro atoms. The molecule has 2 atom stereocenters. The first-order valence-electron chi connectivity index (χ1n) is 12.0. The molecule has 1 aromatic rings. The number of hydrogen-bond acceptors (Lipinski definition) is 3. The summed E-state index contributed by atoms with van der Waals surface area (Å²) in [5.74, 6) is -1.02. The molecule has 2 aliphatic rings. The maximum atomic E-state index is 14.6. The quantitative estimate of drug-likeness (QED) is 0.387. The second kappa shape index (κ2) is 12.0. The van der Waals surface area contributed by atoms with Gasteiger partial charge in [-0.05, 0) is 68.9 Å². The summed E-state index contributed by atoms with van der Waals surface area (Å²) in [6.07, 6.45) is 10.5. The molecular weight excluding hydrogens is 386 g/mol. The molecule has 1 aliphatic heterocycles. The predicted octanol–water partition coefficient (Wildman–Crippen LogP) is 6.78. The smallest absolute Gasteiger partial charge is 0.200 e. The Hall–Kier alpha value is -1.20. The molecule has 0 bridgehead atoms. The lowest BCUT2D eigenvalue weighted by atomic mass is 9.82. The van der Waals surface area contributed by atoms with Crippen molar-refractivity contribution >= 4 is 0 Å². The van der Waals surface area contributed by atoms with Gasteiger partial charge in [-0.1, -0.05) is 32.8 Å². The van der Waals surface area contributed by atoms with E-state index < -0.39 is 11.6 Å². The SMILES string of the molecule is CCCCOc1ccc(C2CCC(OCC3CCC(CCC)OC3)CC2)c(F)c1F. The first kappa shape index (κ1) is 23.5. The molecule has 1 heterocycles. The molecular formula is C25H38F2O3. The van der Waals surface area contributed by atoms with Crippen molar-refractivity contribution in [1.82, 2.24) is 0 Å². The van der Waals surface area contributed by atoms with Crippen molar-refractivity contribution in [3.63, 3.8) is 0 Å². The summed E-state index contributed by atoms with van der Waals surface area (Å²) in [6.45, 7) is 6.21. The summed E-state index contributed by atoms with van der Waals surface area (Å²) in [7, 11) is 0. The van der Waals surface area contributed by atoms with Gasteiger partial charge in [0.25, 0.3) is 0 Å². The van der Waals surface area contributed by atoms with E-state index in [1.54, 1.807) is 12.1 Å². The normalized spacial score (nSPS) is 27.2. The van der Waals surface area contributed by atoms with Gasteiger partial charge in [0.2, 0.25) is 5.82 Å². The van der Waals surface area contributed by atoms with Crippen molar-refractivity contribution in [2.75, 3.05) is 19.8 Å². The zero-order valence-corrected chi connectivity index (χ0v) is 18.6. The van der Waals surface area contributed by atoms with Crippen LogP contribution >= 0.6 is 0 Å². The third kappa shape index (κ3) is 6.40. The molecule has 0 amide bonds. The van der Waals surface area contributed by atoms with E-state index in [4.69, 9.17) is 14.2 Å². The molecule has 1 aromatic carbocycles. The largest absolute Gasteiger partial charge is 0.490 e. The van der Waals surface area contributed by atoms with Gasteiger partial charge in [0.15, 0.2) is 11.6 Å². The highest BCUT2D eigenvalue weighted by Crippen LogP contribution is 2.37. The van der Waals surface area contributed by atoms with Crippen molar-refractivity contribution in [1.29, 1.82) is 0 Å². The fourth-order valence-corrected chi connectivity index (χ4v) is 4.65. The van der Waals surface area contributed by atoms with Gasteiger partial charge < -0.3 is 14.2 Å². The Bertz CT molecular complexity index is 636. The summed E-state index contributed by atoms with van der Waals surface area (Å²) >= 11 is 0. The van der Waals surface area contributed by atoms with Crippen LogP contribution in [0.3, 0.4) is 0 Å². The first-order chi connectivity index (χ1) is 14.6. The van der Waals surface area contributed by atoms with Crippen LogP contribution in [0.4, 0.5) is 8.78 Å². The Morgan fingerprint density at radius 2 is 1.77 bits per heavy atom. The van der Waals surface area contributed by atoms with Gasteiger partial charge in [0.1, 0.15) is 0 Å². The number of benzene rings is 1. The van der Waals surface area contributed by atoms with Gasteiger partial charge in [-0.15, -0.1) is 0 Å². The van der Waals surface area contributed by atoms with Crippen molar-refractivity contribution < 1.29 is 23.0 Å². The van der Waals surface area contributed by atoms with Crippen LogP contribution in [-0.2, 0) is 9.47 Å². The van der Waals surface area contributed by atoms with E-state index in [2.05, 4.69) is 6.92 Å². The zero-order valence-electron chi connectivity index (χ0n) is 18.6. The Labute approximate surface area is 180 Å². The molecule has 1 saturated carbocycles. The third-order valence-electron chi connectivity index (χ3n) is 6.59. The lowest BCUT2D eigenvalue weighted by Crippen LogP contribution is -2.31. The predicted molar refractivity (Wildman–Crippen MR) is 115 cm³/mol. The van der Waals surface area contributed by atoms with E-state index >= 15 is 0 Å². The van der Waals surface area contributed by atoms with Gasteiger partial charge in [-0.2, -0.15) is 4.39 Å². The second-order valence-corrected chi connectivity index (χ2v) is 8.98. The number of rotatable bonds is 10. The van der Waals surface area contributed by atoms with E-state index in [1.165, 1.54) is 12.8 Å². The van der Waals surface area contributed by atoms with Gasteiger partial charge in [-0.3, -0.25) is 0 Å². The zero-order chi connectivity index (χ0) is 21.3. The number of ether oxygens (including phenoxy) is 3. The summed E-state index contributed by atoms with van der Waals surface area (Å²) in [6, 6.07) is 3.29. The minimum absolute atomic E-state index is 0.0256. The highest BCUT2D eigenvalue weighted by atomic mass is 19.2. The van der Waals surface area contributed by atoms with E-state index in [0.717, 1.165) is 64.6 Å². The Morgan fingerprint density at radius 3 is 2.43 bits per heavy atom. The Morgan fingerprint density at radius 1 is 0.967 bits per heavy atom. The molecule has 2 unspecified atom stereocenters. The number of hydrogen-bond donors (Lipinski definition) is 0. The summed E-state index contributed by atoms with van der Waals surface area (Å²) in [4.78, 5) is 0. The summed E-state index contributed by atoms with van der Waals surface area (Å²) in [5.41, 5.74) is 0.483. The Balaban J connectivity index is 1.42. The van der Waals surface area contributed by atoms with E-state index in [9.17, 15) is 8.78 Å². The van der Waals surface area contributed by atoms with Crippen LogP contribution in [0.1, 0.15) is 89.5 Å². The van der Waals surface area contributed by atoms with Crippen molar-refractivity contribution in [2.24, 2.45) is 5.92 Å². The second-order valence-electron chi connectivity index (χ2n) is 8.98. The molecule has 170 valence electrons. The van der Waals surface area contributed by atoms with Crippen molar-refractivity contribution in [2.45, 2.75) is 96.2 Å². The fourth-order valence-electron chi connectivity index (χ4n) is 4.65. The van der Waals surface area contributed by atoms with Crippen LogP contribution in [-0.4, -0.2) is 32.0 Å². The monoisotopic (exact) mass is 424 g/mol. The number of unbranched alkanes of at least 4 members (excludes halogenated alkanes) is 1. The highest BCUT2D eigenvalue weighted by molar-refractivity contribution is 5.33. The molecule has 3 nitrogen and oxygen atoms in total. The molecule has 5 heteroatoms. The van der Waals surface area contributed by atoms with Crippen molar-refractivity contribution in [3.05, 3.63) is 29.3 Å². The topological polar surface area (TPSA) is 27.7 Å². The first-order valence-corrected chi connectivity index (χ1v) is 12.0. The average molecular weight is 425 g/mol. The molecule has 1 saturated heterocycles. The molecule has 2 fully saturated rings. The minimum atomic E-state index is -0.847. The molecule has 0 N–H and O–H groups in total. The minimum Gasteiger partial charge on any atom is -0.490 e. The van der Waals surface area contributed by atoms with Crippen LogP contribution in [0.15, 0.2) is 12.1 Å². The lowest BCUT2D eigenvalue weighted by Gasteiger charge is -2.32. The van der Waals surface area contributed by atoms with Crippen LogP contribution in [0.5, 0.6) is 5.75 Å². The highest BCUT2D eigenvalue weighted by Gasteiger charge is 2.28. The maximum Gasteiger partial charge on any atom is 0.200 e. The average Bonchev–Trinajstić information content (AvgIpc) is 2.77. The molecule has 1 aliphatic carbocycles. The summed E-state index contributed by atoms with van der Waals surface area (Å²) in [5, 5.41) is 0. The Kier molecular flexibility index (Phi) is 9.38. The third-order valence-corrected chi connectivity index (χ3v) is 6.59. The van der Waals surface area contributed by atoms with Gasteiger partial charge in [-0.25, -0.2) is 4.39 Å². The number of halogens is 2. The fraction of sp³-hybridized carbons (Fsp3) is 0.760. The van der Waals surface area contributed by atoms with Crippen LogP contribution in [0.25, 0.3) is 0 Å². The van der Waals surface area contributed by atoms with Crippen LogP contribution < -0.4 is 4.74 Å². The summed E-state index contributed by atoms with van der Waals surface area (Å²) < 4.78 is 46.5. The standard InChI is InChI=1S/C25H38F2O3/c1-3-5-15-28-23-14-13-22(24(26)25(23)27)19-8-11-21(12-9-19)30-17-18-7-10-20(6-4-2)29-16-18/h13-14,18-21H,3-12,15-17H2,1-2H3. The van der Waals surface area contributed by atoms with Gasteiger partial charge in [0, 0.05) is 5.92 Å². The lowest BCUT2D eigenvalue weighted by molar-refractivity contribution is -0.0647. The van der Waals surface area contributed by atoms with E-state index in [-0.39, 0.29) is 17.8 Å². The molecule has 0 radical (unpaired) electrons. The van der Waals surface area contributed by atoms with Crippen molar-refractivity contribution in [3.8, 4) is 5.75 Å². The van der Waals surface area contributed by atoms with Crippen LogP contribution in [0, 0.1) is 17.6 Å². The molecule has 30 heavy (non-hydrogen) atoms.